The third-order valence-corrected chi connectivity index (χ3v) is 4.07. The lowest BCUT2D eigenvalue weighted by molar-refractivity contribution is 0.0995. The number of amides is 2. The minimum Gasteiger partial charge on any atom is -0.456 e. The Hall–Kier alpha value is -3.60. The van der Waals surface area contributed by atoms with Gasteiger partial charge in [0.05, 0.1) is 0 Å². The molecule has 0 aliphatic carbocycles. The Bertz CT molecular complexity index is 1110. The van der Waals surface area contributed by atoms with Gasteiger partial charge in [0, 0.05) is 33.7 Å². The molecule has 3 aromatic carbocycles. The van der Waals surface area contributed by atoms with Gasteiger partial charge in [0.2, 0.25) is 5.91 Å². The van der Waals surface area contributed by atoms with Crippen molar-refractivity contribution in [1.29, 1.82) is 0 Å². The summed E-state index contributed by atoms with van der Waals surface area (Å²) in [6.07, 6.45) is 0. The van der Waals surface area contributed by atoms with E-state index in [0.29, 0.717) is 22.4 Å². The molecular formula is C20H14N2O3. The lowest BCUT2D eigenvalue weighted by Crippen LogP contribution is -2.14. The molecule has 0 unspecified atom stereocenters. The third-order valence-electron chi connectivity index (χ3n) is 4.07. The summed E-state index contributed by atoms with van der Waals surface area (Å²) in [6.45, 7) is 0. The minimum atomic E-state index is -0.526. The van der Waals surface area contributed by atoms with Crippen LogP contribution in [0.25, 0.3) is 21.9 Å². The first-order valence-electron chi connectivity index (χ1n) is 7.74. The molecule has 0 bridgehead atoms. The summed E-state index contributed by atoms with van der Waals surface area (Å²) in [6, 6.07) is 19.5. The quantitative estimate of drug-likeness (QED) is 0.596. The Morgan fingerprint density at radius 3 is 2.24 bits per heavy atom. The highest BCUT2D eigenvalue weighted by Gasteiger charge is 2.10. The van der Waals surface area contributed by atoms with Crippen LogP contribution in [-0.2, 0) is 0 Å². The van der Waals surface area contributed by atoms with E-state index in [1.807, 2.05) is 36.4 Å². The van der Waals surface area contributed by atoms with Crippen LogP contribution >= 0.6 is 0 Å². The van der Waals surface area contributed by atoms with E-state index in [0.717, 1.165) is 16.4 Å². The van der Waals surface area contributed by atoms with Gasteiger partial charge in [-0.1, -0.05) is 18.2 Å². The number of para-hydroxylation sites is 1. The number of carbonyl (C=O) groups excluding carboxylic acids is 2. The molecule has 0 saturated carbocycles. The maximum Gasteiger partial charge on any atom is 0.255 e. The molecule has 122 valence electrons. The van der Waals surface area contributed by atoms with Crippen LogP contribution in [0.5, 0.6) is 0 Å². The van der Waals surface area contributed by atoms with Crippen molar-refractivity contribution in [1.82, 2.24) is 0 Å². The molecule has 0 aliphatic heterocycles. The van der Waals surface area contributed by atoms with E-state index in [1.54, 1.807) is 18.2 Å². The molecule has 0 saturated heterocycles. The van der Waals surface area contributed by atoms with Crippen molar-refractivity contribution in [3.05, 3.63) is 77.9 Å². The maximum atomic E-state index is 12.3. The van der Waals surface area contributed by atoms with E-state index in [9.17, 15) is 9.59 Å². The molecule has 0 atom stereocenters. The molecule has 4 rings (SSSR count). The number of nitrogens with one attached hydrogen (secondary N) is 1. The molecular weight excluding hydrogens is 316 g/mol. The molecule has 1 heterocycles. The highest BCUT2D eigenvalue weighted by Crippen LogP contribution is 2.30. The minimum absolute atomic E-state index is 0.272. The summed E-state index contributed by atoms with van der Waals surface area (Å²) in [5.41, 5.74) is 8.15. The summed E-state index contributed by atoms with van der Waals surface area (Å²) in [5.74, 6) is -0.797. The Morgan fingerprint density at radius 2 is 1.48 bits per heavy atom. The van der Waals surface area contributed by atoms with Gasteiger partial charge in [0.15, 0.2) is 0 Å². The third kappa shape index (κ3) is 2.72. The normalized spacial score (nSPS) is 10.9. The topological polar surface area (TPSA) is 85.3 Å². The molecule has 2 amide bonds. The molecule has 0 aliphatic rings. The summed E-state index contributed by atoms with van der Waals surface area (Å²) < 4.78 is 5.82. The van der Waals surface area contributed by atoms with Crippen LogP contribution in [-0.4, -0.2) is 11.8 Å². The van der Waals surface area contributed by atoms with Crippen LogP contribution in [0.15, 0.2) is 71.1 Å². The van der Waals surface area contributed by atoms with Gasteiger partial charge in [-0.25, -0.2) is 0 Å². The van der Waals surface area contributed by atoms with Gasteiger partial charge in [-0.05, 0) is 42.5 Å². The Kier molecular flexibility index (Phi) is 3.47. The summed E-state index contributed by atoms with van der Waals surface area (Å²) in [7, 11) is 0. The van der Waals surface area contributed by atoms with Crippen LogP contribution < -0.4 is 11.1 Å². The highest BCUT2D eigenvalue weighted by molar-refractivity contribution is 6.08. The fourth-order valence-electron chi connectivity index (χ4n) is 2.79. The number of benzene rings is 3. The molecule has 3 N–H and O–H groups in total. The van der Waals surface area contributed by atoms with Gasteiger partial charge in [0.25, 0.3) is 5.91 Å². The smallest absolute Gasteiger partial charge is 0.255 e. The summed E-state index contributed by atoms with van der Waals surface area (Å²) in [5, 5.41) is 4.87. The monoisotopic (exact) mass is 330 g/mol. The molecule has 5 nitrogen and oxygen atoms in total. The second-order valence-electron chi connectivity index (χ2n) is 5.70. The standard InChI is InChI=1S/C20H14N2O3/c21-19(23)12-5-7-13(8-6-12)20(24)22-14-9-10-16-15-3-1-2-4-17(15)25-18(16)11-14/h1-11H,(H2,21,23)(H,22,24). The zero-order valence-electron chi connectivity index (χ0n) is 13.2. The predicted octanol–water partition coefficient (Wildman–Crippen LogP) is 3.94. The van der Waals surface area contributed by atoms with Crippen LogP contribution in [0, 0.1) is 0 Å². The predicted molar refractivity (Wildman–Crippen MR) is 96.6 cm³/mol. The molecule has 4 aromatic rings. The van der Waals surface area contributed by atoms with E-state index in [-0.39, 0.29) is 5.91 Å². The Labute approximate surface area is 143 Å². The van der Waals surface area contributed by atoms with Crippen LogP contribution in [0.2, 0.25) is 0 Å². The van der Waals surface area contributed by atoms with Gasteiger partial charge in [-0.15, -0.1) is 0 Å². The molecule has 0 radical (unpaired) electrons. The van der Waals surface area contributed by atoms with Crippen molar-refractivity contribution < 1.29 is 14.0 Å². The first-order valence-corrected chi connectivity index (χ1v) is 7.74. The summed E-state index contributed by atoms with van der Waals surface area (Å²) >= 11 is 0. The lowest BCUT2D eigenvalue weighted by Gasteiger charge is -2.05. The van der Waals surface area contributed by atoms with Gasteiger partial charge < -0.3 is 15.5 Å². The number of carbonyl (C=O) groups is 2. The van der Waals surface area contributed by atoms with Gasteiger partial charge in [-0.3, -0.25) is 9.59 Å². The van der Waals surface area contributed by atoms with Crippen LogP contribution in [0.3, 0.4) is 0 Å². The molecule has 5 heteroatoms. The fraction of sp³-hybridized carbons (Fsp3) is 0. The largest absolute Gasteiger partial charge is 0.456 e. The average molecular weight is 330 g/mol. The van der Waals surface area contributed by atoms with E-state index in [2.05, 4.69) is 5.32 Å². The van der Waals surface area contributed by atoms with E-state index >= 15 is 0 Å². The first kappa shape index (κ1) is 15.0. The number of hydrogen-bond donors (Lipinski definition) is 2. The number of nitrogens with two attached hydrogens (primary N) is 1. The van der Waals surface area contributed by atoms with E-state index < -0.39 is 5.91 Å². The van der Waals surface area contributed by atoms with Crippen LogP contribution in [0.1, 0.15) is 20.7 Å². The van der Waals surface area contributed by atoms with Crippen molar-refractivity contribution >= 4 is 39.4 Å². The molecule has 0 spiro atoms. The lowest BCUT2D eigenvalue weighted by atomic mass is 10.1. The number of furan rings is 1. The zero-order chi connectivity index (χ0) is 17.4. The van der Waals surface area contributed by atoms with Gasteiger partial charge in [0.1, 0.15) is 11.2 Å². The number of primary amides is 1. The average Bonchev–Trinajstić information content (AvgIpc) is 2.99. The van der Waals surface area contributed by atoms with E-state index in [1.165, 1.54) is 12.1 Å². The highest BCUT2D eigenvalue weighted by atomic mass is 16.3. The summed E-state index contributed by atoms with van der Waals surface area (Å²) in [4.78, 5) is 23.4. The second kappa shape index (κ2) is 5.79. The molecule has 1 aromatic heterocycles. The Morgan fingerprint density at radius 1 is 0.800 bits per heavy atom. The van der Waals surface area contributed by atoms with Crippen molar-refractivity contribution in [3.63, 3.8) is 0 Å². The number of hydrogen-bond acceptors (Lipinski definition) is 3. The number of rotatable bonds is 3. The zero-order valence-corrected chi connectivity index (χ0v) is 13.2. The Balaban J connectivity index is 1.62. The van der Waals surface area contributed by atoms with Crippen LogP contribution in [0.4, 0.5) is 5.69 Å². The first-order chi connectivity index (χ1) is 12.1. The number of fused-ring (bicyclic) bond motifs is 3. The van der Waals surface area contributed by atoms with Gasteiger partial charge >= 0.3 is 0 Å². The number of anilines is 1. The van der Waals surface area contributed by atoms with Crippen molar-refractivity contribution in [2.24, 2.45) is 5.73 Å². The fourth-order valence-corrected chi connectivity index (χ4v) is 2.79. The van der Waals surface area contributed by atoms with Crippen molar-refractivity contribution in [2.75, 3.05) is 5.32 Å². The van der Waals surface area contributed by atoms with Crippen molar-refractivity contribution in [2.45, 2.75) is 0 Å². The molecule has 25 heavy (non-hydrogen) atoms. The molecule has 0 fully saturated rings. The van der Waals surface area contributed by atoms with E-state index in [4.69, 9.17) is 10.2 Å². The maximum absolute atomic E-state index is 12.3. The van der Waals surface area contributed by atoms with Gasteiger partial charge in [-0.2, -0.15) is 0 Å². The van der Waals surface area contributed by atoms with Crippen molar-refractivity contribution in [3.8, 4) is 0 Å². The SMILES string of the molecule is NC(=O)c1ccc(C(=O)Nc2ccc3c(c2)oc2ccccc23)cc1. The second-order valence-corrected chi connectivity index (χ2v) is 5.70.